The van der Waals surface area contributed by atoms with Gasteiger partial charge in [0.15, 0.2) is 9.84 Å². The Kier molecular flexibility index (Phi) is 5.38. The van der Waals surface area contributed by atoms with Crippen molar-refractivity contribution in [2.24, 2.45) is 0 Å². The largest absolute Gasteiger partial charge is 0.457 e. The molecule has 4 aromatic rings. The first-order valence-corrected chi connectivity index (χ1v) is 11.2. The molecule has 3 aromatic carbocycles. The molecule has 0 aliphatic carbocycles. The SMILES string of the molecule is CS(=O)(=O)c1cc(F)cc(Oc2ccc(-n3cnc4c(C(F)(F)F)cccc43)c(Cl)c2)c1. The molecule has 1 aromatic heterocycles. The van der Waals surface area contributed by atoms with Crippen molar-refractivity contribution in [2.75, 3.05) is 6.26 Å². The molecule has 11 heteroatoms. The molecule has 0 fully saturated rings. The van der Waals surface area contributed by atoms with Gasteiger partial charge in [-0.15, -0.1) is 0 Å². The van der Waals surface area contributed by atoms with Crippen LogP contribution in [0.2, 0.25) is 5.02 Å². The maximum Gasteiger partial charge on any atom is 0.418 e. The van der Waals surface area contributed by atoms with Crippen LogP contribution in [0, 0.1) is 5.82 Å². The monoisotopic (exact) mass is 484 g/mol. The van der Waals surface area contributed by atoms with Crippen LogP contribution in [0.25, 0.3) is 16.7 Å². The number of hydrogen-bond donors (Lipinski definition) is 0. The van der Waals surface area contributed by atoms with Crippen LogP contribution in [-0.2, 0) is 16.0 Å². The van der Waals surface area contributed by atoms with Gasteiger partial charge in [0.05, 0.1) is 26.7 Å². The number of imidazole rings is 1. The van der Waals surface area contributed by atoms with E-state index in [0.717, 1.165) is 24.5 Å². The summed E-state index contributed by atoms with van der Waals surface area (Å²) in [4.78, 5) is 3.64. The Hall–Kier alpha value is -3.11. The number of hydrogen-bond acceptors (Lipinski definition) is 4. The Balaban J connectivity index is 1.71. The molecule has 0 bridgehead atoms. The van der Waals surface area contributed by atoms with E-state index in [0.29, 0.717) is 5.69 Å². The fourth-order valence-corrected chi connectivity index (χ4v) is 4.07. The highest BCUT2D eigenvalue weighted by molar-refractivity contribution is 7.90. The van der Waals surface area contributed by atoms with E-state index in [1.165, 1.54) is 47.3 Å². The van der Waals surface area contributed by atoms with Crippen LogP contribution in [-0.4, -0.2) is 24.2 Å². The van der Waals surface area contributed by atoms with E-state index >= 15 is 0 Å². The molecule has 0 atom stereocenters. The number of rotatable bonds is 4. The average molecular weight is 485 g/mol. The highest BCUT2D eigenvalue weighted by Gasteiger charge is 2.33. The van der Waals surface area contributed by atoms with Crippen molar-refractivity contribution in [1.29, 1.82) is 0 Å². The number of benzene rings is 3. The van der Waals surface area contributed by atoms with E-state index in [1.807, 2.05) is 0 Å². The van der Waals surface area contributed by atoms with Crippen molar-refractivity contribution in [3.63, 3.8) is 0 Å². The fraction of sp³-hybridized carbons (Fsp3) is 0.0952. The van der Waals surface area contributed by atoms with E-state index < -0.39 is 27.4 Å². The summed E-state index contributed by atoms with van der Waals surface area (Å²) in [6.45, 7) is 0. The topological polar surface area (TPSA) is 61.2 Å². The zero-order valence-electron chi connectivity index (χ0n) is 16.2. The lowest BCUT2D eigenvalue weighted by atomic mass is 10.1. The summed E-state index contributed by atoms with van der Waals surface area (Å²) >= 11 is 6.33. The number of nitrogens with zero attached hydrogens (tertiary/aromatic N) is 2. The van der Waals surface area contributed by atoms with E-state index in [4.69, 9.17) is 16.3 Å². The predicted octanol–water partition coefficient (Wildman–Crippen LogP) is 6.03. The quantitative estimate of drug-likeness (QED) is 0.332. The van der Waals surface area contributed by atoms with Crippen molar-refractivity contribution >= 4 is 32.5 Å². The number of para-hydroxylation sites is 1. The van der Waals surface area contributed by atoms with Gasteiger partial charge in [-0.05, 0) is 36.4 Å². The van der Waals surface area contributed by atoms with E-state index in [2.05, 4.69) is 4.98 Å². The molecule has 0 N–H and O–H groups in total. The lowest BCUT2D eigenvalue weighted by Crippen LogP contribution is -2.05. The molecule has 0 unspecified atom stereocenters. The van der Waals surface area contributed by atoms with E-state index in [1.54, 1.807) is 0 Å². The van der Waals surface area contributed by atoms with E-state index in [9.17, 15) is 26.0 Å². The number of sulfone groups is 1. The molecule has 0 amide bonds. The fourth-order valence-electron chi connectivity index (χ4n) is 3.15. The molecule has 0 aliphatic heterocycles. The third kappa shape index (κ3) is 4.28. The van der Waals surface area contributed by atoms with Crippen molar-refractivity contribution < 1.29 is 30.7 Å². The Morgan fingerprint density at radius 1 is 1.03 bits per heavy atom. The summed E-state index contributed by atoms with van der Waals surface area (Å²) in [5.41, 5.74) is -0.530. The smallest absolute Gasteiger partial charge is 0.418 e. The molecule has 0 saturated carbocycles. The summed E-state index contributed by atoms with van der Waals surface area (Å²) in [6.07, 6.45) is -2.39. The normalized spacial score (nSPS) is 12.3. The summed E-state index contributed by atoms with van der Waals surface area (Å²) < 4.78 is 83.8. The van der Waals surface area contributed by atoms with Gasteiger partial charge in [-0.3, -0.25) is 4.57 Å². The minimum Gasteiger partial charge on any atom is -0.457 e. The number of alkyl halides is 3. The van der Waals surface area contributed by atoms with Gasteiger partial charge < -0.3 is 4.74 Å². The lowest BCUT2D eigenvalue weighted by Gasteiger charge is -2.12. The first kappa shape index (κ1) is 22.1. The molecule has 1 heterocycles. The zero-order chi connectivity index (χ0) is 23.3. The number of aromatic nitrogens is 2. The summed E-state index contributed by atoms with van der Waals surface area (Å²) in [5, 5.41) is 0.124. The average Bonchev–Trinajstić information content (AvgIpc) is 3.10. The van der Waals surface area contributed by atoms with Gasteiger partial charge in [0.1, 0.15) is 29.2 Å². The minimum absolute atomic E-state index is 0.0582. The number of ether oxygens (including phenoxy) is 1. The third-order valence-corrected chi connectivity index (χ3v) is 5.96. The maximum atomic E-state index is 13.8. The number of halogens is 5. The molecule has 0 spiro atoms. The molecular weight excluding hydrogens is 472 g/mol. The molecule has 0 saturated heterocycles. The zero-order valence-corrected chi connectivity index (χ0v) is 17.8. The first-order valence-electron chi connectivity index (χ1n) is 8.95. The van der Waals surface area contributed by atoms with Crippen LogP contribution in [0.3, 0.4) is 0 Å². The van der Waals surface area contributed by atoms with Crippen LogP contribution < -0.4 is 4.74 Å². The molecule has 0 radical (unpaired) electrons. The van der Waals surface area contributed by atoms with Gasteiger partial charge in [0, 0.05) is 18.4 Å². The third-order valence-electron chi connectivity index (χ3n) is 4.57. The molecule has 5 nitrogen and oxygen atoms in total. The second kappa shape index (κ2) is 7.79. The van der Waals surface area contributed by atoms with Crippen LogP contribution in [0.1, 0.15) is 5.56 Å². The molecular formula is C21H13ClF4N2O3S. The molecule has 32 heavy (non-hydrogen) atoms. The summed E-state index contributed by atoms with van der Waals surface area (Å²) in [5.74, 6) is -0.683. The highest BCUT2D eigenvalue weighted by atomic mass is 35.5. The van der Waals surface area contributed by atoms with Crippen molar-refractivity contribution in [1.82, 2.24) is 9.55 Å². The standard InChI is InChI=1S/C21H13ClF4N2O3S/c1-32(29,30)15-8-12(23)7-14(9-15)31-13-5-6-18(17(22)10-13)28-11-27-20-16(21(24,25)26)3-2-4-19(20)28/h2-11H,1H3. The summed E-state index contributed by atoms with van der Waals surface area (Å²) in [6, 6.07) is 11.1. The van der Waals surface area contributed by atoms with Crippen LogP contribution in [0.5, 0.6) is 11.5 Å². The second-order valence-corrected chi connectivity index (χ2v) is 9.32. The van der Waals surface area contributed by atoms with Gasteiger partial charge in [0.25, 0.3) is 0 Å². The molecule has 0 aliphatic rings. The van der Waals surface area contributed by atoms with E-state index in [-0.39, 0.29) is 32.5 Å². The minimum atomic E-state index is -4.56. The van der Waals surface area contributed by atoms with Crippen LogP contribution in [0.4, 0.5) is 17.6 Å². The Labute approximate surface area is 184 Å². The highest BCUT2D eigenvalue weighted by Crippen LogP contribution is 2.36. The second-order valence-electron chi connectivity index (χ2n) is 6.90. The van der Waals surface area contributed by atoms with Crippen molar-refractivity contribution in [3.8, 4) is 17.2 Å². The lowest BCUT2D eigenvalue weighted by molar-refractivity contribution is -0.136. The Bertz CT molecular complexity index is 1450. The molecule has 4 rings (SSSR count). The van der Waals surface area contributed by atoms with Gasteiger partial charge in [0.2, 0.25) is 0 Å². The Morgan fingerprint density at radius 3 is 2.44 bits per heavy atom. The van der Waals surface area contributed by atoms with Gasteiger partial charge in [-0.2, -0.15) is 13.2 Å². The van der Waals surface area contributed by atoms with Gasteiger partial charge in [-0.25, -0.2) is 17.8 Å². The molecule has 166 valence electrons. The van der Waals surface area contributed by atoms with Crippen LogP contribution >= 0.6 is 11.6 Å². The van der Waals surface area contributed by atoms with Crippen molar-refractivity contribution in [2.45, 2.75) is 11.1 Å². The first-order chi connectivity index (χ1) is 14.9. The number of fused-ring (bicyclic) bond motifs is 1. The van der Waals surface area contributed by atoms with Crippen LogP contribution in [0.15, 0.2) is 65.8 Å². The maximum absolute atomic E-state index is 13.8. The van der Waals surface area contributed by atoms with Crippen molar-refractivity contribution in [3.05, 3.63) is 77.3 Å². The summed E-state index contributed by atoms with van der Waals surface area (Å²) in [7, 11) is -3.66. The van der Waals surface area contributed by atoms with Gasteiger partial charge in [-0.1, -0.05) is 17.7 Å². The Morgan fingerprint density at radius 2 is 1.78 bits per heavy atom. The van der Waals surface area contributed by atoms with Gasteiger partial charge >= 0.3 is 6.18 Å². The predicted molar refractivity (Wildman–Crippen MR) is 111 cm³/mol.